The molecule has 0 spiro atoms. The van der Waals surface area contributed by atoms with Gasteiger partial charge >= 0.3 is 0 Å². The molecule has 0 radical (unpaired) electrons. The van der Waals surface area contributed by atoms with Crippen molar-refractivity contribution in [2.24, 2.45) is 7.05 Å². The lowest BCUT2D eigenvalue weighted by molar-refractivity contribution is -0.140. The van der Waals surface area contributed by atoms with Gasteiger partial charge in [-0.3, -0.25) is 4.68 Å². The maximum Gasteiger partial charge on any atom is 0.124 e. The van der Waals surface area contributed by atoms with Crippen molar-refractivity contribution in [3.05, 3.63) is 18.0 Å². The van der Waals surface area contributed by atoms with Crippen molar-refractivity contribution in [2.75, 3.05) is 6.61 Å². The lowest BCUT2D eigenvalue weighted by Crippen LogP contribution is -2.40. The van der Waals surface area contributed by atoms with Gasteiger partial charge in [0.15, 0.2) is 0 Å². The highest BCUT2D eigenvalue weighted by Crippen LogP contribution is 2.35. The lowest BCUT2D eigenvalue weighted by atomic mass is 9.88. The Balaban J connectivity index is 2.19. The van der Waals surface area contributed by atoms with Gasteiger partial charge in [-0.05, 0) is 32.3 Å². The van der Waals surface area contributed by atoms with Gasteiger partial charge in [0, 0.05) is 19.9 Å². The Morgan fingerprint density at radius 3 is 2.93 bits per heavy atom. The van der Waals surface area contributed by atoms with E-state index in [9.17, 15) is 5.11 Å². The number of aromatic nitrogens is 2. The maximum absolute atomic E-state index is 10.3. The number of aliphatic hydroxyl groups excluding tert-OH is 1. The predicted octanol–water partition coefficient (Wildman–Crippen LogP) is 1.41. The molecule has 4 nitrogen and oxygen atoms in total. The minimum Gasteiger partial charge on any atom is -0.384 e. The second-order valence-electron chi connectivity index (χ2n) is 4.40. The summed E-state index contributed by atoms with van der Waals surface area (Å²) in [6.07, 6.45) is 4.22. The van der Waals surface area contributed by atoms with E-state index < -0.39 is 11.7 Å². The molecule has 0 amide bonds. The van der Waals surface area contributed by atoms with E-state index in [1.165, 1.54) is 0 Å². The second-order valence-corrected chi connectivity index (χ2v) is 4.40. The van der Waals surface area contributed by atoms with Gasteiger partial charge in [0.25, 0.3) is 0 Å². The van der Waals surface area contributed by atoms with E-state index in [2.05, 4.69) is 5.10 Å². The van der Waals surface area contributed by atoms with Crippen LogP contribution in [0.25, 0.3) is 0 Å². The van der Waals surface area contributed by atoms with E-state index in [0.29, 0.717) is 0 Å². The van der Waals surface area contributed by atoms with Gasteiger partial charge in [0.05, 0.1) is 11.3 Å². The Morgan fingerprint density at radius 1 is 1.60 bits per heavy atom. The zero-order valence-corrected chi connectivity index (χ0v) is 9.31. The molecular weight excluding hydrogens is 192 g/mol. The van der Waals surface area contributed by atoms with E-state index >= 15 is 0 Å². The van der Waals surface area contributed by atoms with Gasteiger partial charge in [0.2, 0.25) is 0 Å². The number of hydrogen-bond acceptors (Lipinski definition) is 3. The zero-order valence-electron chi connectivity index (χ0n) is 9.31. The van der Waals surface area contributed by atoms with Crippen molar-refractivity contribution in [2.45, 2.75) is 37.9 Å². The molecule has 1 aromatic rings. The normalized spacial score (nSPS) is 29.0. The molecule has 1 N–H and O–H groups in total. The van der Waals surface area contributed by atoms with Crippen LogP contribution in [0.1, 0.15) is 38.0 Å². The van der Waals surface area contributed by atoms with Crippen LogP contribution in [-0.2, 0) is 11.8 Å². The number of hydrogen-bond donors (Lipinski definition) is 1. The third-order valence-electron chi connectivity index (χ3n) is 3.22. The lowest BCUT2D eigenvalue weighted by Gasteiger charge is -2.37. The third-order valence-corrected chi connectivity index (χ3v) is 3.22. The Hall–Kier alpha value is -0.870. The molecular formula is C11H18N2O2. The minimum absolute atomic E-state index is 0.452. The summed E-state index contributed by atoms with van der Waals surface area (Å²) in [5, 5.41) is 14.4. The number of ether oxygens (including phenoxy) is 1. The van der Waals surface area contributed by atoms with Crippen LogP contribution < -0.4 is 0 Å². The summed E-state index contributed by atoms with van der Waals surface area (Å²) in [6.45, 7) is 2.72. The number of rotatable bonds is 2. The van der Waals surface area contributed by atoms with Crippen LogP contribution in [0, 0.1) is 0 Å². The smallest absolute Gasteiger partial charge is 0.124 e. The Kier molecular flexibility index (Phi) is 2.80. The minimum atomic E-state index is -0.592. The van der Waals surface area contributed by atoms with Crippen molar-refractivity contribution >= 4 is 0 Å². The summed E-state index contributed by atoms with van der Waals surface area (Å²) < 4.78 is 7.42. The Morgan fingerprint density at radius 2 is 2.40 bits per heavy atom. The first-order valence-electron chi connectivity index (χ1n) is 5.43. The molecule has 0 saturated carbocycles. The molecule has 0 aliphatic carbocycles. The molecule has 1 saturated heterocycles. The van der Waals surface area contributed by atoms with Gasteiger partial charge in [-0.15, -0.1) is 0 Å². The van der Waals surface area contributed by atoms with Crippen LogP contribution in [0.15, 0.2) is 12.3 Å². The first-order chi connectivity index (χ1) is 7.13. The molecule has 1 aliphatic heterocycles. The van der Waals surface area contributed by atoms with E-state index in [4.69, 9.17) is 4.74 Å². The standard InChI is InChI=1S/C11H18N2O2/c1-11(6-3-4-8-15-11)10(14)9-5-7-12-13(9)2/h5,7,10,14H,3-4,6,8H2,1-2H3. The maximum atomic E-state index is 10.3. The van der Waals surface area contributed by atoms with E-state index in [-0.39, 0.29) is 0 Å². The summed E-state index contributed by atoms with van der Waals surface area (Å²) in [6, 6.07) is 1.84. The molecule has 0 bridgehead atoms. The van der Waals surface area contributed by atoms with Gasteiger partial charge in [-0.25, -0.2) is 0 Å². The summed E-state index contributed by atoms with van der Waals surface area (Å²) in [5.41, 5.74) is 0.367. The zero-order chi connectivity index (χ0) is 10.9. The fraction of sp³-hybridized carbons (Fsp3) is 0.727. The highest BCUT2D eigenvalue weighted by Gasteiger charge is 2.37. The van der Waals surface area contributed by atoms with Crippen LogP contribution in [0.5, 0.6) is 0 Å². The molecule has 15 heavy (non-hydrogen) atoms. The summed E-state index contributed by atoms with van der Waals surface area (Å²) in [5.74, 6) is 0. The molecule has 84 valence electrons. The Bertz CT molecular complexity index is 329. The van der Waals surface area contributed by atoms with Crippen molar-refractivity contribution < 1.29 is 9.84 Å². The van der Waals surface area contributed by atoms with E-state index in [1.807, 2.05) is 20.0 Å². The third kappa shape index (κ3) is 1.92. The molecule has 2 rings (SSSR count). The fourth-order valence-electron chi connectivity index (χ4n) is 2.14. The SMILES string of the molecule is Cn1nccc1C(O)C1(C)CCCCO1. The van der Waals surface area contributed by atoms with Crippen LogP contribution >= 0.6 is 0 Å². The second kappa shape index (κ2) is 3.94. The van der Waals surface area contributed by atoms with Crippen LogP contribution in [0.2, 0.25) is 0 Å². The summed E-state index contributed by atoms with van der Waals surface area (Å²) in [4.78, 5) is 0. The molecule has 0 aromatic carbocycles. The van der Waals surface area contributed by atoms with Crippen LogP contribution in [0.4, 0.5) is 0 Å². The first-order valence-corrected chi connectivity index (χ1v) is 5.43. The van der Waals surface area contributed by atoms with Gasteiger partial charge in [-0.1, -0.05) is 0 Å². The van der Waals surface area contributed by atoms with Crippen molar-refractivity contribution in [3.63, 3.8) is 0 Å². The summed E-state index contributed by atoms with van der Waals surface area (Å²) >= 11 is 0. The fourth-order valence-corrected chi connectivity index (χ4v) is 2.14. The first kappa shape index (κ1) is 10.6. The molecule has 1 fully saturated rings. The quantitative estimate of drug-likeness (QED) is 0.803. The monoisotopic (exact) mass is 210 g/mol. The molecule has 1 aromatic heterocycles. The van der Waals surface area contributed by atoms with Crippen LogP contribution in [0.3, 0.4) is 0 Å². The van der Waals surface area contributed by atoms with Gasteiger partial charge in [0.1, 0.15) is 6.10 Å². The number of nitrogens with zero attached hydrogens (tertiary/aromatic N) is 2. The van der Waals surface area contributed by atoms with Crippen molar-refractivity contribution in [1.29, 1.82) is 0 Å². The predicted molar refractivity (Wildman–Crippen MR) is 56.4 cm³/mol. The van der Waals surface area contributed by atoms with Gasteiger partial charge < -0.3 is 9.84 Å². The average Bonchev–Trinajstić information content (AvgIpc) is 2.64. The molecule has 2 unspecified atom stereocenters. The van der Waals surface area contributed by atoms with E-state index in [0.717, 1.165) is 31.6 Å². The largest absolute Gasteiger partial charge is 0.384 e. The van der Waals surface area contributed by atoms with Crippen molar-refractivity contribution in [3.8, 4) is 0 Å². The molecule has 1 aliphatic rings. The van der Waals surface area contributed by atoms with E-state index in [1.54, 1.807) is 10.9 Å². The average molecular weight is 210 g/mol. The highest BCUT2D eigenvalue weighted by molar-refractivity contribution is 5.09. The molecule has 2 heterocycles. The number of aryl methyl sites for hydroxylation is 1. The van der Waals surface area contributed by atoms with Crippen molar-refractivity contribution in [1.82, 2.24) is 9.78 Å². The molecule has 4 heteroatoms. The van der Waals surface area contributed by atoms with Crippen LogP contribution in [-0.4, -0.2) is 27.1 Å². The Labute approximate surface area is 89.9 Å². The highest BCUT2D eigenvalue weighted by atomic mass is 16.5. The number of aliphatic hydroxyl groups is 1. The summed E-state index contributed by atoms with van der Waals surface area (Å²) in [7, 11) is 1.84. The molecule has 2 atom stereocenters. The topological polar surface area (TPSA) is 47.3 Å². The van der Waals surface area contributed by atoms with Gasteiger partial charge in [-0.2, -0.15) is 5.10 Å².